The third-order valence-corrected chi connectivity index (χ3v) is 3.17. The molecule has 0 heterocycles. The number of nitrogens with two attached hydrogens (primary N) is 1. The van der Waals surface area contributed by atoms with Crippen LogP contribution in [0.3, 0.4) is 0 Å². The maximum absolute atomic E-state index is 11.9. The van der Waals surface area contributed by atoms with Gasteiger partial charge in [-0.3, -0.25) is 9.59 Å². The lowest BCUT2D eigenvalue weighted by Crippen LogP contribution is -2.32. The van der Waals surface area contributed by atoms with Crippen molar-refractivity contribution in [2.24, 2.45) is 11.8 Å². The van der Waals surface area contributed by atoms with Gasteiger partial charge < -0.3 is 16.2 Å². The minimum absolute atomic E-state index is 0.0349. The molecule has 21 heavy (non-hydrogen) atoms. The minimum Gasteiger partial charge on any atom is -0.481 e. The zero-order chi connectivity index (χ0) is 15.8. The predicted molar refractivity (Wildman–Crippen MR) is 82.8 cm³/mol. The van der Waals surface area contributed by atoms with Crippen LogP contribution in [0.1, 0.15) is 32.3 Å². The van der Waals surface area contributed by atoms with Gasteiger partial charge in [-0.25, -0.2) is 0 Å². The average molecular weight is 292 g/mol. The van der Waals surface area contributed by atoms with Crippen LogP contribution in [-0.4, -0.2) is 23.5 Å². The summed E-state index contributed by atoms with van der Waals surface area (Å²) in [6.45, 7) is 4.48. The van der Waals surface area contributed by atoms with Gasteiger partial charge in [-0.15, -0.1) is 0 Å². The van der Waals surface area contributed by atoms with Crippen molar-refractivity contribution in [3.63, 3.8) is 0 Å². The van der Waals surface area contributed by atoms with Crippen molar-refractivity contribution in [3.8, 4) is 0 Å². The molecule has 1 unspecified atom stereocenters. The van der Waals surface area contributed by atoms with Gasteiger partial charge in [-0.1, -0.05) is 26.0 Å². The quantitative estimate of drug-likeness (QED) is 0.639. The lowest BCUT2D eigenvalue weighted by Gasteiger charge is -2.17. The number of hydrogen-bond acceptors (Lipinski definition) is 3. The summed E-state index contributed by atoms with van der Waals surface area (Å²) < 4.78 is 0. The Morgan fingerprint density at radius 1 is 1.33 bits per heavy atom. The van der Waals surface area contributed by atoms with Crippen molar-refractivity contribution >= 4 is 17.6 Å². The van der Waals surface area contributed by atoms with Gasteiger partial charge in [-0.05, 0) is 36.0 Å². The van der Waals surface area contributed by atoms with Gasteiger partial charge in [0.1, 0.15) is 0 Å². The lowest BCUT2D eigenvalue weighted by molar-refractivity contribution is -0.138. The molecule has 5 heteroatoms. The molecular formula is C16H24N2O3. The summed E-state index contributed by atoms with van der Waals surface area (Å²) in [6, 6.07) is 7.19. The highest BCUT2D eigenvalue weighted by atomic mass is 16.4. The zero-order valence-corrected chi connectivity index (χ0v) is 12.6. The van der Waals surface area contributed by atoms with Gasteiger partial charge >= 0.3 is 5.97 Å². The number of carboxylic acids is 1. The Morgan fingerprint density at radius 2 is 2.05 bits per heavy atom. The van der Waals surface area contributed by atoms with Crippen LogP contribution in [0.2, 0.25) is 0 Å². The van der Waals surface area contributed by atoms with Gasteiger partial charge in [0.05, 0.1) is 6.42 Å². The van der Waals surface area contributed by atoms with E-state index in [2.05, 4.69) is 5.32 Å². The third-order valence-electron chi connectivity index (χ3n) is 3.17. The molecule has 0 aliphatic rings. The van der Waals surface area contributed by atoms with Crippen molar-refractivity contribution in [1.29, 1.82) is 0 Å². The number of carboxylic acid groups (broad SMARTS) is 1. The molecule has 1 atom stereocenters. The third kappa shape index (κ3) is 7.34. The molecule has 0 aromatic heterocycles. The first kappa shape index (κ1) is 17.0. The Labute approximate surface area is 125 Å². The highest BCUT2D eigenvalue weighted by Crippen LogP contribution is 2.15. The van der Waals surface area contributed by atoms with E-state index in [-0.39, 0.29) is 24.7 Å². The number of nitrogens with one attached hydrogen (secondary N) is 1. The first-order valence-corrected chi connectivity index (χ1v) is 7.19. The van der Waals surface area contributed by atoms with Crippen LogP contribution in [0.4, 0.5) is 5.69 Å². The van der Waals surface area contributed by atoms with Crippen molar-refractivity contribution in [2.75, 3.05) is 12.3 Å². The van der Waals surface area contributed by atoms with E-state index < -0.39 is 5.97 Å². The molecule has 5 nitrogen and oxygen atoms in total. The second kappa shape index (κ2) is 8.29. The van der Waals surface area contributed by atoms with Crippen molar-refractivity contribution in [3.05, 3.63) is 29.8 Å². The van der Waals surface area contributed by atoms with E-state index in [4.69, 9.17) is 10.8 Å². The number of carbonyl (C=O) groups is 2. The van der Waals surface area contributed by atoms with Crippen LogP contribution in [0.25, 0.3) is 0 Å². The lowest BCUT2D eigenvalue weighted by atomic mass is 9.94. The van der Waals surface area contributed by atoms with E-state index >= 15 is 0 Å². The molecule has 0 aliphatic heterocycles. The Hall–Kier alpha value is -2.04. The number of aliphatic carboxylic acids is 1. The number of amides is 1. The molecular weight excluding hydrogens is 268 g/mol. The zero-order valence-electron chi connectivity index (χ0n) is 12.6. The molecule has 0 aliphatic carbocycles. The summed E-state index contributed by atoms with van der Waals surface area (Å²) >= 11 is 0. The molecule has 1 aromatic carbocycles. The van der Waals surface area contributed by atoms with E-state index in [1.165, 1.54) is 0 Å². The van der Waals surface area contributed by atoms with Gasteiger partial charge in [0.15, 0.2) is 0 Å². The molecule has 1 rings (SSSR count). The highest BCUT2D eigenvalue weighted by Gasteiger charge is 2.16. The Bertz CT molecular complexity index is 486. The van der Waals surface area contributed by atoms with Crippen molar-refractivity contribution in [1.82, 2.24) is 5.32 Å². The Kier molecular flexibility index (Phi) is 6.72. The second-order valence-corrected chi connectivity index (χ2v) is 5.82. The van der Waals surface area contributed by atoms with Crippen LogP contribution in [0.5, 0.6) is 0 Å². The predicted octanol–water partition coefficient (Wildman–Crippen LogP) is 2.06. The SMILES string of the molecule is CC(C)CC(CNC(=O)Cc1cccc(N)c1)CC(=O)O. The van der Waals surface area contributed by atoms with E-state index in [0.29, 0.717) is 18.2 Å². The van der Waals surface area contributed by atoms with Crippen molar-refractivity contribution in [2.45, 2.75) is 33.1 Å². The van der Waals surface area contributed by atoms with Crippen LogP contribution in [-0.2, 0) is 16.0 Å². The fraction of sp³-hybridized carbons (Fsp3) is 0.500. The van der Waals surface area contributed by atoms with Gasteiger partial charge in [0, 0.05) is 18.7 Å². The smallest absolute Gasteiger partial charge is 0.303 e. The van der Waals surface area contributed by atoms with E-state index in [0.717, 1.165) is 12.0 Å². The molecule has 0 radical (unpaired) electrons. The summed E-state index contributed by atoms with van der Waals surface area (Å²) in [6.07, 6.45) is 1.12. The number of benzene rings is 1. The largest absolute Gasteiger partial charge is 0.481 e. The summed E-state index contributed by atoms with van der Waals surface area (Å²) in [7, 11) is 0. The van der Waals surface area contributed by atoms with Crippen molar-refractivity contribution < 1.29 is 14.7 Å². The highest BCUT2D eigenvalue weighted by molar-refractivity contribution is 5.78. The van der Waals surface area contributed by atoms with Crippen LogP contribution in [0, 0.1) is 11.8 Å². The standard InChI is InChI=1S/C16H24N2O3/c1-11(2)6-13(9-16(20)21)10-18-15(19)8-12-4-3-5-14(17)7-12/h3-5,7,11,13H,6,8-10,17H2,1-2H3,(H,18,19)(H,20,21). The number of hydrogen-bond donors (Lipinski definition) is 3. The van der Waals surface area contributed by atoms with Crippen LogP contribution in [0.15, 0.2) is 24.3 Å². The van der Waals surface area contributed by atoms with Crippen LogP contribution >= 0.6 is 0 Å². The summed E-state index contributed by atoms with van der Waals surface area (Å²) in [5.41, 5.74) is 7.15. The Morgan fingerprint density at radius 3 is 2.62 bits per heavy atom. The molecule has 0 fully saturated rings. The summed E-state index contributed by atoms with van der Waals surface area (Å²) in [4.78, 5) is 22.7. The van der Waals surface area contributed by atoms with E-state index in [1.807, 2.05) is 26.0 Å². The molecule has 116 valence electrons. The Balaban J connectivity index is 2.47. The summed E-state index contributed by atoms with van der Waals surface area (Å²) in [5, 5.41) is 11.7. The fourth-order valence-electron chi connectivity index (χ4n) is 2.36. The van der Waals surface area contributed by atoms with Gasteiger partial charge in [0.25, 0.3) is 0 Å². The van der Waals surface area contributed by atoms with Gasteiger partial charge in [-0.2, -0.15) is 0 Å². The second-order valence-electron chi connectivity index (χ2n) is 5.82. The van der Waals surface area contributed by atoms with Crippen LogP contribution < -0.4 is 11.1 Å². The maximum atomic E-state index is 11.9. The fourth-order valence-corrected chi connectivity index (χ4v) is 2.36. The first-order valence-electron chi connectivity index (χ1n) is 7.19. The first-order chi connectivity index (χ1) is 9.86. The topological polar surface area (TPSA) is 92.4 Å². The normalized spacial score (nSPS) is 12.1. The number of rotatable bonds is 8. The van der Waals surface area contributed by atoms with Gasteiger partial charge in [0.2, 0.25) is 5.91 Å². The minimum atomic E-state index is -0.828. The maximum Gasteiger partial charge on any atom is 0.303 e. The molecule has 4 N–H and O–H groups in total. The molecule has 0 spiro atoms. The van der Waals surface area contributed by atoms with E-state index in [1.54, 1.807) is 12.1 Å². The molecule has 0 saturated heterocycles. The average Bonchev–Trinajstić information content (AvgIpc) is 2.34. The number of nitrogen functional groups attached to an aromatic ring is 1. The van der Waals surface area contributed by atoms with E-state index in [9.17, 15) is 9.59 Å². The molecule has 0 bridgehead atoms. The number of carbonyl (C=O) groups excluding carboxylic acids is 1. The monoisotopic (exact) mass is 292 g/mol. The summed E-state index contributed by atoms with van der Waals surface area (Å²) in [5.74, 6) is -0.571. The molecule has 1 aromatic rings. The molecule has 0 saturated carbocycles. The number of anilines is 1. The molecule has 1 amide bonds.